The van der Waals surface area contributed by atoms with Crippen LogP contribution >= 0.6 is 0 Å². The van der Waals surface area contributed by atoms with Crippen LogP contribution in [0.3, 0.4) is 0 Å². The minimum absolute atomic E-state index is 0.000183. The van der Waals surface area contributed by atoms with Crippen LogP contribution in [-0.2, 0) is 4.79 Å². The molecule has 0 aromatic rings. The molecule has 0 bridgehead atoms. The van der Waals surface area contributed by atoms with Crippen molar-refractivity contribution in [3.8, 4) is 0 Å². The highest BCUT2D eigenvalue weighted by Crippen LogP contribution is 2.20. The van der Waals surface area contributed by atoms with Gasteiger partial charge < -0.3 is 16.2 Å². The van der Waals surface area contributed by atoms with Crippen molar-refractivity contribution in [2.45, 2.75) is 53.0 Å². The topological polar surface area (TPSA) is 75.4 Å². The van der Waals surface area contributed by atoms with Gasteiger partial charge in [-0.3, -0.25) is 4.79 Å². The number of aliphatic hydroxyl groups is 1. The molecule has 18 heavy (non-hydrogen) atoms. The zero-order valence-corrected chi connectivity index (χ0v) is 12.3. The number of carbonyl (C=O) groups is 1. The molecule has 4 N–H and O–H groups in total. The summed E-state index contributed by atoms with van der Waals surface area (Å²) in [5.74, 6) is 1.35. The van der Waals surface area contributed by atoms with Crippen LogP contribution in [0.5, 0.6) is 0 Å². The monoisotopic (exact) mass is 258 g/mol. The fraction of sp³-hybridized carbons (Fsp3) is 0.929. The molecule has 0 rings (SSSR count). The van der Waals surface area contributed by atoms with Crippen molar-refractivity contribution in [3.05, 3.63) is 0 Å². The molecule has 0 aromatic heterocycles. The summed E-state index contributed by atoms with van der Waals surface area (Å²) in [6.45, 7) is 9.00. The standard InChI is InChI=1S/C14H30N2O2/c1-10(2)12(7-8-15)5-6-14(18)16-13(9-17)11(3)4/h10-13,17H,5-9,15H2,1-4H3,(H,16,18)/t12?,13-/m1/s1. The van der Waals surface area contributed by atoms with Crippen molar-refractivity contribution >= 4 is 5.91 Å². The predicted octanol–water partition coefficient (Wildman–Crippen LogP) is 1.52. The third kappa shape index (κ3) is 6.97. The Bertz CT molecular complexity index is 230. The van der Waals surface area contributed by atoms with E-state index in [1.807, 2.05) is 13.8 Å². The first-order valence-electron chi connectivity index (χ1n) is 7.02. The maximum atomic E-state index is 11.8. The first-order valence-corrected chi connectivity index (χ1v) is 7.02. The molecule has 0 aliphatic carbocycles. The molecular formula is C14H30N2O2. The smallest absolute Gasteiger partial charge is 0.220 e. The number of carbonyl (C=O) groups excluding carboxylic acids is 1. The van der Waals surface area contributed by atoms with E-state index in [1.165, 1.54) is 0 Å². The molecule has 1 unspecified atom stereocenters. The summed E-state index contributed by atoms with van der Waals surface area (Å²) in [6.07, 6.45) is 2.36. The third-order valence-corrected chi connectivity index (χ3v) is 3.57. The number of amides is 1. The maximum absolute atomic E-state index is 11.8. The SMILES string of the molecule is CC(C)C(CCN)CCC(=O)N[C@H](CO)C(C)C. The highest BCUT2D eigenvalue weighted by molar-refractivity contribution is 5.76. The molecule has 0 spiro atoms. The van der Waals surface area contributed by atoms with E-state index in [1.54, 1.807) is 0 Å². The van der Waals surface area contributed by atoms with Crippen molar-refractivity contribution in [3.63, 3.8) is 0 Å². The van der Waals surface area contributed by atoms with E-state index in [0.717, 1.165) is 12.8 Å². The second-order valence-corrected chi connectivity index (χ2v) is 5.72. The summed E-state index contributed by atoms with van der Waals surface area (Å²) in [6, 6.07) is -0.135. The minimum atomic E-state index is -0.135. The average Bonchev–Trinajstić information content (AvgIpc) is 2.30. The van der Waals surface area contributed by atoms with Gasteiger partial charge in [-0.25, -0.2) is 0 Å². The molecule has 1 amide bonds. The average molecular weight is 258 g/mol. The van der Waals surface area contributed by atoms with Gasteiger partial charge >= 0.3 is 0 Å². The second-order valence-electron chi connectivity index (χ2n) is 5.72. The zero-order chi connectivity index (χ0) is 14.1. The fourth-order valence-electron chi connectivity index (χ4n) is 2.04. The van der Waals surface area contributed by atoms with Crippen LogP contribution in [0.4, 0.5) is 0 Å². The second kappa shape index (κ2) is 9.34. The molecular weight excluding hydrogens is 228 g/mol. The Morgan fingerprint density at radius 3 is 2.17 bits per heavy atom. The molecule has 0 saturated heterocycles. The van der Waals surface area contributed by atoms with Crippen LogP contribution in [0, 0.1) is 17.8 Å². The Hall–Kier alpha value is -0.610. The third-order valence-electron chi connectivity index (χ3n) is 3.57. The van der Waals surface area contributed by atoms with E-state index >= 15 is 0 Å². The maximum Gasteiger partial charge on any atom is 0.220 e. The molecule has 2 atom stereocenters. The Balaban J connectivity index is 4.07. The van der Waals surface area contributed by atoms with Gasteiger partial charge in [0, 0.05) is 6.42 Å². The number of nitrogens with two attached hydrogens (primary N) is 1. The summed E-state index contributed by atoms with van der Waals surface area (Å²) < 4.78 is 0. The Morgan fingerprint density at radius 2 is 1.78 bits per heavy atom. The van der Waals surface area contributed by atoms with Gasteiger partial charge in [-0.05, 0) is 37.1 Å². The van der Waals surface area contributed by atoms with Crippen molar-refractivity contribution in [2.75, 3.05) is 13.2 Å². The van der Waals surface area contributed by atoms with Gasteiger partial charge in [-0.15, -0.1) is 0 Å². The normalized spacial score (nSPS) is 14.9. The van der Waals surface area contributed by atoms with Crippen molar-refractivity contribution in [1.82, 2.24) is 5.32 Å². The Kier molecular flexibility index (Phi) is 9.02. The number of hydrogen-bond acceptors (Lipinski definition) is 3. The molecule has 0 radical (unpaired) electrons. The van der Waals surface area contributed by atoms with Crippen LogP contribution in [0.25, 0.3) is 0 Å². The molecule has 0 heterocycles. The lowest BCUT2D eigenvalue weighted by molar-refractivity contribution is -0.122. The molecule has 4 nitrogen and oxygen atoms in total. The van der Waals surface area contributed by atoms with Gasteiger partial charge in [0.15, 0.2) is 0 Å². The molecule has 4 heteroatoms. The van der Waals surface area contributed by atoms with E-state index in [4.69, 9.17) is 10.8 Å². The van der Waals surface area contributed by atoms with Gasteiger partial charge in [-0.1, -0.05) is 27.7 Å². The Labute approximate surface area is 111 Å². The lowest BCUT2D eigenvalue weighted by Crippen LogP contribution is -2.41. The number of hydrogen-bond donors (Lipinski definition) is 3. The largest absolute Gasteiger partial charge is 0.394 e. The van der Waals surface area contributed by atoms with Gasteiger partial charge in [0.1, 0.15) is 0 Å². The summed E-state index contributed by atoms with van der Waals surface area (Å²) in [5, 5.41) is 12.0. The van der Waals surface area contributed by atoms with E-state index in [0.29, 0.717) is 24.8 Å². The molecule has 0 aliphatic rings. The summed E-state index contributed by atoms with van der Waals surface area (Å²) in [5.41, 5.74) is 5.58. The minimum Gasteiger partial charge on any atom is -0.394 e. The first-order chi connectivity index (χ1) is 8.42. The zero-order valence-electron chi connectivity index (χ0n) is 12.3. The highest BCUT2D eigenvalue weighted by atomic mass is 16.3. The number of rotatable bonds is 9. The van der Waals surface area contributed by atoms with Gasteiger partial charge in [-0.2, -0.15) is 0 Å². The molecule has 0 saturated carbocycles. The first kappa shape index (κ1) is 17.4. The van der Waals surface area contributed by atoms with Gasteiger partial charge in [0.25, 0.3) is 0 Å². The van der Waals surface area contributed by atoms with Crippen LogP contribution in [-0.4, -0.2) is 30.2 Å². The van der Waals surface area contributed by atoms with Gasteiger partial charge in [0.2, 0.25) is 5.91 Å². The highest BCUT2D eigenvalue weighted by Gasteiger charge is 2.17. The summed E-state index contributed by atoms with van der Waals surface area (Å²) in [4.78, 5) is 11.8. The predicted molar refractivity (Wildman–Crippen MR) is 75.1 cm³/mol. The number of nitrogens with one attached hydrogen (secondary N) is 1. The summed E-state index contributed by atoms with van der Waals surface area (Å²) in [7, 11) is 0. The van der Waals surface area contributed by atoms with Gasteiger partial charge in [0.05, 0.1) is 12.6 Å². The molecule has 0 aliphatic heterocycles. The molecule has 0 fully saturated rings. The van der Waals surface area contributed by atoms with E-state index in [-0.39, 0.29) is 24.5 Å². The van der Waals surface area contributed by atoms with Crippen molar-refractivity contribution < 1.29 is 9.90 Å². The van der Waals surface area contributed by atoms with Crippen LogP contribution < -0.4 is 11.1 Å². The van der Waals surface area contributed by atoms with Crippen molar-refractivity contribution in [1.29, 1.82) is 0 Å². The molecule has 108 valence electrons. The lowest BCUT2D eigenvalue weighted by Gasteiger charge is -2.22. The van der Waals surface area contributed by atoms with Crippen molar-refractivity contribution in [2.24, 2.45) is 23.5 Å². The van der Waals surface area contributed by atoms with E-state index in [2.05, 4.69) is 19.2 Å². The Morgan fingerprint density at radius 1 is 1.17 bits per heavy atom. The molecule has 0 aromatic carbocycles. The quantitative estimate of drug-likeness (QED) is 0.587. The van der Waals surface area contributed by atoms with E-state index in [9.17, 15) is 4.79 Å². The summed E-state index contributed by atoms with van der Waals surface area (Å²) >= 11 is 0. The lowest BCUT2D eigenvalue weighted by atomic mass is 9.88. The van der Waals surface area contributed by atoms with Crippen LogP contribution in [0.2, 0.25) is 0 Å². The van der Waals surface area contributed by atoms with E-state index < -0.39 is 0 Å². The fourth-order valence-corrected chi connectivity index (χ4v) is 2.04. The van der Waals surface area contributed by atoms with Crippen LogP contribution in [0.15, 0.2) is 0 Å². The number of aliphatic hydroxyl groups excluding tert-OH is 1. The van der Waals surface area contributed by atoms with Crippen LogP contribution in [0.1, 0.15) is 47.0 Å².